The Morgan fingerprint density at radius 1 is 1.04 bits per heavy atom. The zero-order chi connectivity index (χ0) is 20.3. The molecule has 0 amide bonds. The molecule has 0 spiro atoms. The number of carboxylic acid groups (broad SMARTS) is 1. The van der Waals surface area contributed by atoms with Crippen molar-refractivity contribution in [3.63, 3.8) is 0 Å². The molecule has 4 saturated carbocycles. The highest BCUT2D eigenvalue weighted by Gasteiger charge is 2.63. The van der Waals surface area contributed by atoms with Gasteiger partial charge >= 0.3 is 5.97 Å². The SMILES string of the molecule is C[C@H](CCC(=O)O)[C@H]1CC[C@H]2[C@@H]3CC[C@@H]4C[C@H](O)CC[C@@]4(C)[C@H]3C[C@H](O)[C@@]12C. The molecule has 0 unspecified atom stereocenters. The fourth-order valence-corrected chi connectivity index (χ4v) is 8.71. The lowest BCUT2D eigenvalue weighted by Crippen LogP contribution is -2.58. The molecule has 10 atom stereocenters. The minimum atomic E-state index is -0.707. The van der Waals surface area contributed by atoms with Gasteiger partial charge in [-0.3, -0.25) is 4.79 Å². The average Bonchev–Trinajstić information content (AvgIpc) is 3.00. The molecule has 4 heteroatoms. The fraction of sp³-hybridized carbons (Fsp3) is 0.958. The van der Waals surface area contributed by atoms with Gasteiger partial charge in [0.2, 0.25) is 0 Å². The van der Waals surface area contributed by atoms with E-state index >= 15 is 0 Å². The maximum absolute atomic E-state index is 11.5. The lowest BCUT2D eigenvalue weighted by atomic mass is 9.43. The highest BCUT2D eigenvalue weighted by molar-refractivity contribution is 5.66. The van der Waals surface area contributed by atoms with E-state index in [0.29, 0.717) is 35.5 Å². The van der Waals surface area contributed by atoms with Crippen molar-refractivity contribution in [1.82, 2.24) is 0 Å². The van der Waals surface area contributed by atoms with Gasteiger partial charge in [-0.15, -0.1) is 0 Å². The van der Waals surface area contributed by atoms with E-state index < -0.39 is 5.97 Å². The number of fused-ring (bicyclic) bond motifs is 5. The predicted octanol–water partition coefficient (Wildman–Crippen LogP) is 4.48. The van der Waals surface area contributed by atoms with E-state index in [1.54, 1.807) is 0 Å². The summed E-state index contributed by atoms with van der Waals surface area (Å²) in [5.74, 6) is 2.55. The molecule has 0 aromatic carbocycles. The van der Waals surface area contributed by atoms with Crippen LogP contribution in [0.5, 0.6) is 0 Å². The summed E-state index contributed by atoms with van der Waals surface area (Å²) in [6.07, 6.45) is 9.26. The molecule has 0 heterocycles. The van der Waals surface area contributed by atoms with Gasteiger partial charge < -0.3 is 15.3 Å². The number of aliphatic hydroxyl groups excluding tert-OH is 2. The molecule has 0 aromatic rings. The molecule has 3 N–H and O–H groups in total. The van der Waals surface area contributed by atoms with Crippen molar-refractivity contribution in [2.45, 2.75) is 97.2 Å². The highest BCUT2D eigenvalue weighted by atomic mass is 16.4. The van der Waals surface area contributed by atoms with Crippen LogP contribution in [0.25, 0.3) is 0 Å². The number of hydrogen-bond acceptors (Lipinski definition) is 3. The van der Waals surface area contributed by atoms with Gasteiger partial charge in [0.15, 0.2) is 0 Å². The Balaban J connectivity index is 1.56. The third-order valence-electron chi connectivity index (χ3n) is 10.3. The maximum Gasteiger partial charge on any atom is 0.303 e. The molecule has 4 aliphatic carbocycles. The van der Waals surface area contributed by atoms with Gasteiger partial charge in [0.05, 0.1) is 12.2 Å². The quantitative estimate of drug-likeness (QED) is 0.659. The van der Waals surface area contributed by atoms with Crippen molar-refractivity contribution in [2.75, 3.05) is 0 Å². The number of aliphatic hydroxyl groups is 2. The van der Waals surface area contributed by atoms with Crippen LogP contribution in [-0.4, -0.2) is 33.5 Å². The summed E-state index contributed by atoms with van der Waals surface area (Å²) < 4.78 is 0. The first-order chi connectivity index (χ1) is 13.2. The standard InChI is InChI=1S/C24H40O4/c1-14(4-9-22(27)28)18-7-8-19-17-6-5-15-12-16(25)10-11-23(15,2)20(17)13-21(26)24(18,19)3/h14-21,25-26H,4-13H2,1-3H3,(H,27,28)/t14-,15-,16-,17+,18-,19+,20+,21+,23-,24+/m1/s1. The first kappa shape index (κ1) is 20.7. The van der Waals surface area contributed by atoms with Crippen molar-refractivity contribution < 1.29 is 20.1 Å². The van der Waals surface area contributed by atoms with Crippen LogP contribution >= 0.6 is 0 Å². The second-order valence-corrected chi connectivity index (χ2v) is 11.3. The third kappa shape index (κ3) is 3.05. The molecular weight excluding hydrogens is 352 g/mol. The largest absolute Gasteiger partial charge is 0.481 e. The lowest BCUT2D eigenvalue weighted by molar-refractivity contribution is -0.175. The Bertz CT molecular complexity index is 605. The maximum atomic E-state index is 11.5. The smallest absolute Gasteiger partial charge is 0.303 e. The second-order valence-electron chi connectivity index (χ2n) is 11.3. The van der Waals surface area contributed by atoms with Crippen molar-refractivity contribution in [1.29, 1.82) is 0 Å². The summed E-state index contributed by atoms with van der Waals surface area (Å²) >= 11 is 0. The Morgan fingerprint density at radius 3 is 2.50 bits per heavy atom. The number of carboxylic acids is 1. The lowest BCUT2D eigenvalue weighted by Gasteiger charge is -2.62. The Labute approximate surface area is 170 Å². The van der Waals surface area contributed by atoms with E-state index in [1.165, 1.54) is 19.3 Å². The molecule has 4 nitrogen and oxygen atoms in total. The Kier molecular flexibility index (Phi) is 5.36. The van der Waals surface area contributed by atoms with Crippen LogP contribution in [0, 0.1) is 46.3 Å². The monoisotopic (exact) mass is 392 g/mol. The molecule has 0 aromatic heterocycles. The van der Waals surface area contributed by atoms with Crippen LogP contribution < -0.4 is 0 Å². The summed E-state index contributed by atoms with van der Waals surface area (Å²) in [6, 6.07) is 0. The minimum absolute atomic E-state index is 0.0591. The molecule has 0 saturated heterocycles. The van der Waals surface area contributed by atoms with E-state index in [-0.39, 0.29) is 29.5 Å². The van der Waals surface area contributed by atoms with Gasteiger partial charge in [-0.1, -0.05) is 20.8 Å². The summed E-state index contributed by atoms with van der Waals surface area (Å²) in [5, 5.41) is 30.8. The Hall–Kier alpha value is -0.610. The third-order valence-corrected chi connectivity index (χ3v) is 10.3. The van der Waals surface area contributed by atoms with Crippen LogP contribution in [0.4, 0.5) is 0 Å². The van der Waals surface area contributed by atoms with Crippen LogP contribution in [0.3, 0.4) is 0 Å². The molecule has 0 bridgehead atoms. The zero-order valence-electron chi connectivity index (χ0n) is 17.9. The van der Waals surface area contributed by atoms with Gasteiger partial charge in [-0.25, -0.2) is 0 Å². The highest BCUT2D eigenvalue weighted by Crippen LogP contribution is 2.68. The number of carbonyl (C=O) groups is 1. The van der Waals surface area contributed by atoms with Crippen molar-refractivity contribution in [2.24, 2.45) is 46.3 Å². The summed E-state index contributed by atoms with van der Waals surface area (Å²) in [5.41, 5.74) is 0.216. The summed E-state index contributed by atoms with van der Waals surface area (Å²) in [6.45, 7) is 6.99. The Morgan fingerprint density at radius 2 is 1.79 bits per heavy atom. The van der Waals surface area contributed by atoms with E-state index in [4.69, 9.17) is 5.11 Å². The van der Waals surface area contributed by atoms with Crippen molar-refractivity contribution in [3.05, 3.63) is 0 Å². The van der Waals surface area contributed by atoms with Crippen LogP contribution in [0.1, 0.15) is 85.0 Å². The number of hydrogen-bond donors (Lipinski definition) is 3. The van der Waals surface area contributed by atoms with E-state index in [2.05, 4.69) is 20.8 Å². The van der Waals surface area contributed by atoms with Gasteiger partial charge in [-0.2, -0.15) is 0 Å². The summed E-state index contributed by atoms with van der Waals surface area (Å²) in [4.78, 5) is 11.1. The van der Waals surface area contributed by atoms with Crippen LogP contribution in [0.2, 0.25) is 0 Å². The van der Waals surface area contributed by atoms with Crippen LogP contribution in [-0.2, 0) is 4.79 Å². The van der Waals surface area contributed by atoms with Gasteiger partial charge in [0, 0.05) is 6.42 Å². The molecule has 28 heavy (non-hydrogen) atoms. The molecule has 160 valence electrons. The molecule has 4 aliphatic rings. The first-order valence-electron chi connectivity index (χ1n) is 11.8. The second kappa shape index (κ2) is 7.27. The normalized spacial score (nSPS) is 51.7. The molecule has 4 fully saturated rings. The van der Waals surface area contributed by atoms with E-state index in [1.807, 2.05) is 0 Å². The number of aliphatic carboxylic acids is 1. The minimum Gasteiger partial charge on any atom is -0.481 e. The number of rotatable bonds is 4. The topological polar surface area (TPSA) is 77.8 Å². The van der Waals surface area contributed by atoms with Gasteiger partial charge in [-0.05, 0) is 104 Å². The van der Waals surface area contributed by atoms with Crippen LogP contribution in [0.15, 0.2) is 0 Å². The molecule has 0 radical (unpaired) electrons. The van der Waals surface area contributed by atoms with E-state index in [0.717, 1.165) is 38.5 Å². The molecule has 0 aliphatic heterocycles. The molecule has 4 rings (SSSR count). The van der Waals surface area contributed by atoms with Gasteiger partial charge in [0.1, 0.15) is 0 Å². The zero-order valence-corrected chi connectivity index (χ0v) is 17.9. The van der Waals surface area contributed by atoms with E-state index in [9.17, 15) is 15.0 Å². The van der Waals surface area contributed by atoms with Crippen molar-refractivity contribution >= 4 is 5.97 Å². The summed E-state index contributed by atoms with van der Waals surface area (Å²) in [7, 11) is 0. The van der Waals surface area contributed by atoms with Crippen molar-refractivity contribution in [3.8, 4) is 0 Å². The predicted molar refractivity (Wildman–Crippen MR) is 109 cm³/mol. The fourth-order valence-electron chi connectivity index (χ4n) is 8.71. The average molecular weight is 393 g/mol. The molecular formula is C24H40O4. The van der Waals surface area contributed by atoms with Gasteiger partial charge in [0.25, 0.3) is 0 Å². The first-order valence-corrected chi connectivity index (χ1v) is 11.8.